The number of nitrogens with zero attached hydrogens (tertiary/aromatic N) is 1. The minimum Gasteiger partial charge on any atom is -0.508 e. The smallest absolute Gasteiger partial charge is 0.119 e. The number of rotatable bonds is 4. The number of phenolic OH excluding ortho intramolecular Hbond substituents is 2. The van der Waals surface area contributed by atoms with Gasteiger partial charge in [0, 0.05) is 13.1 Å². The zero-order valence-electron chi connectivity index (χ0n) is 17.7. The Bertz CT molecular complexity index is 1120. The molecule has 0 aromatic heterocycles. The molecule has 1 saturated heterocycles. The highest BCUT2D eigenvalue weighted by Gasteiger charge is 2.23. The molecule has 3 aromatic rings. The zero-order chi connectivity index (χ0) is 21.4. The summed E-state index contributed by atoms with van der Waals surface area (Å²) in [5, 5.41) is 19.9. The first-order chi connectivity index (χ1) is 15.1. The Morgan fingerprint density at radius 2 is 1.55 bits per heavy atom. The van der Waals surface area contributed by atoms with Crippen LogP contribution in [0.25, 0.3) is 11.1 Å². The predicted octanol–water partition coefficient (Wildman–Crippen LogP) is 5.09. The van der Waals surface area contributed by atoms with Gasteiger partial charge in [-0.3, -0.25) is 0 Å². The summed E-state index contributed by atoms with van der Waals surface area (Å²) in [5.41, 5.74) is 6.87. The van der Waals surface area contributed by atoms with E-state index in [4.69, 9.17) is 4.74 Å². The molecular formula is C27H27NO3. The van der Waals surface area contributed by atoms with Crippen molar-refractivity contribution in [3.8, 4) is 17.2 Å². The van der Waals surface area contributed by atoms with Crippen molar-refractivity contribution >= 4 is 11.1 Å². The number of ether oxygens (including phenoxy) is 1. The van der Waals surface area contributed by atoms with Crippen LogP contribution in [0.1, 0.15) is 35.1 Å². The fourth-order valence-electron chi connectivity index (χ4n) is 4.73. The summed E-state index contributed by atoms with van der Waals surface area (Å²) in [4.78, 5) is 2.29. The molecule has 4 nitrogen and oxygen atoms in total. The van der Waals surface area contributed by atoms with Crippen LogP contribution in [0, 0.1) is 0 Å². The van der Waals surface area contributed by atoms with Gasteiger partial charge in [0.1, 0.15) is 23.4 Å². The monoisotopic (exact) mass is 413 g/mol. The maximum absolute atomic E-state index is 10.2. The maximum Gasteiger partial charge on any atom is 0.119 e. The third-order valence-corrected chi connectivity index (χ3v) is 6.32. The Hall–Kier alpha value is -3.24. The number of allylic oxidation sites excluding steroid dienone is 1. The Kier molecular flexibility index (Phi) is 5.16. The molecular weight excluding hydrogens is 386 g/mol. The number of likely N-dealkylation sites (N-methyl/N-ethyl adjacent to an activating group) is 1. The van der Waals surface area contributed by atoms with E-state index in [2.05, 4.69) is 24.1 Å². The van der Waals surface area contributed by atoms with Crippen LogP contribution in [-0.4, -0.2) is 41.4 Å². The lowest BCUT2D eigenvalue weighted by molar-refractivity contribution is 0.208. The molecule has 0 spiro atoms. The number of benzene rings is 3. The van der Waals surface area contributed by atoms with Gasteiger partial charge in [-0.1, -0.05) is 30.3 Å². The van der Waals surface area contributed by atoms with Crippen LogP contribution in [0.4, 0.5) is 0 Å². The van der Waals surface area contributed by atoms with Crippen LogP contribution in [0.2, 0.25) is 0 Å². The molecule has 31 heavy (non-hydrogen) atoms. The summed E-state index contributed by atoms with van der Waals surface area (Å²) in [6.45, 7) is 2.04. The number of aryl methyl sites for hydroxylation is 1. The van der Waals surface area contributed by atoms with Crippen LogP contribution in [0.3, 0.4) is 0 Å². The van der Waals surface area contributed by atoms with Crippen molar-refractivity contribution in [3.63, 3.8) is 0 Å². The highest BCUT2D eigenvalue weighted by Crippen LogP contribution is 2.42. The first-order valence-corrected chi connectivity index (χ1v) is 10.9. The minimum atomic E-state index is 0.245. The molecule has 1 fully saturated rings. The van der Waals surface area contributed by atoms with E-state index in [9.17, 15) is 10.2 Å². The molecule has 0 amide bonds. The van der Waals surface area contributed by atoms with Crippen LogP contribution in [0.15, 0.2) is 66.7 Å². The van der Waals surface area contributed by atoms with Gasteiger partial charge >= 0.3 is 0 Å². The van der Waals surface area contributed by atoms with Gasteiger partial charge in [0.05, 0.1) is 0 Å². The molecule has 0 unspecified atom stereocenters. The Balaban J connectivity index is 1.55. The SMILES string of the molecule is CN1CC[C@H](Oc2ccc(C3=C(c4ccc(O)cc4)CCc4ccc(O)cc43)cc2)C1. The summed E-state index contributed by atoms with van der Waals surface area (Å²) in [6.07, 6.45) is 3.13. The number of aromatic hydroxyl groups is 2. The third kappa shape index (κ3) is 4.04. The second-order valence-corrected chi connectivity index (χ2v) is 8.56. The topological polar surface area (TPSA) is 52.9 Å². The van der Waals surface area contributed by atoms with Crippen LogP contribution >= 0.6 is 0 Å². The van der Waals surface area contributed by atoms with E-state index in [-0.39, 0.29) is 17.6 Å². The van der Waals surface area contributed by atoms with Crippen molar-refractivity contribution < 1.29 is 14.9 Å². The summed E-state index contributed by atoms with van der Waals surface area (Å²) >= 11 is 0. The van der Waals surface area contributed by atoms with Gasteiger partial charge in [0.25, 0.3) is 0 Å². The van der Waals surface area contributed by atoms with Crippen molar-refractivity contribution in [2.45, 2.75) is 25.4 Å². The van der Waals surface area contributed by atoms with E-state index in [0.29, 0.717) is 0 Å². The van der Waals surface area contributed by atoms with E-state index in [1.807, 2.05) is 36.4 Å². The maximum atomic E-state index is 10.2. The fraction of sp³-hybridized carbons (Fsp3) is 0.259. The molecule has 4 heteroatoms. The van der Waals surface area contributed by atoms with E-state index in [1.165, 1.54) is 11.1 Å². The van der Waals surface area contributed by atoms with Gasteiger partial charge in [-0.05, 0) is 96.1 Å². The number of phenols is 2. The van der Waals surface area contributed by atoms with Gasteiger partial charge in [0.2, 0.25) is 0 Å². The van der Waals surface area contributed by atoms with Gasteiger partial charge < -0.3 is 19.8 Å². The largest absolute Gasteiger partial charge is 0.508 e. The summed E-state index contributed by atoms with van der Waals surface area (Å²) in [7, 11) is 2.12. The molecule has 1 heterocycles. The average Bonchev–Trinajstić information content (AvgIpc) is 3.18. The van der Waals surface area contributed by atoms with Gasteiger partial charge in [-0.25, -0.2) is 0 Å². The normalized spacial score (nSPS) is 18.8. The Morgan fingerprint density at radius 1 is 0.839 bits per heavy atom. The standard InChI is InChI=1S/C27H27NO3/c1-28-15-14-24(17-28)31-23-11-5-20(6-12-23)27-25(18-2-8-21(29)9-3-18)13-7-19-4-10-22(30)16-26(19)27/h2-6,8-12,16,24,29-30H,7,13-15,17H2,1H3/t24-/m0/s1. The van der Waals surface area contributed by atoms with Crippen molar-refractivity contribution in [1.29, 1.82) is 0 Å². The van der Waals surface area contributed by atoms with E-state index in [1.54, 1.807) is 18.2 Å². The molecule has 0 saturated carbocycles. The first-order valence-electron chi connectivity index (χ1n) is 10.9. The van der Waals surface area contributed by atoms with E-state index >= 15 is 0 Å². The van der Waals surface area contributed by atoms with Gasteiger partial charge in [0.15, 0.2) is 0 Å². The lowest BCUT2D eigenvalue weighted by Gasteiger charge is -2.25. The number of hydrogen-bond donors (Lipinski definition) is 2. The van der Waals surface area contributed by atoms with E-state index < -0.39 is 0 Å². The van der Waals surface area contributed by atoms with Crippen molar-refractivity contribution in [1.82, 2.24) is 4.90 Å². The van der Waals surface area contributed by atoms with Crippen LogP contribution in [0.5, 0.6) is 17.2 Å². The Morgan fingerprint density at radius 3 is 2.26 bits per heavy atom. The predicted molar refractivity (Wildman–Crippen MR) is 123 cm³/mol. The lowest BCUT2D eigenvalue weighted by Crippen LogP contribution is -2.21. The van der Waals surface area contributed by atoms with Crippen molar-refractivity contribution in [2.24, 2.45) is 0 Å². The summed E-state index contributed by atoms with van der Waals surface area (Å²) < 4.78 is 6.18. The second-order valence-electron chi connectivity index (χ2n) is 8.56. The minimum absolute atomic E-state index is 0.245. The molecule has 0 bridgehead atoms. The molecule has 2 N–H and O–H groups in total. The molecule has 2 aliphatic rings. The van der Waals surface area contributed by atoms with Gasteiger partial charge in [-0.15, -0.1) is 0 Å². The number of likely N-dealkylation sites (tertiary alicyclic amines) is 1. The average molecular weight is 414 g/mol. The highest BCUT2D eigenvalue weighted by atomic mass is 16.5. The van der Waals surface area contributed by atoms with Crippen LogP contribution < -0.4 is 4.74 Å². The third-order valence-electron chi connectivity index (χ3n) is 6.32. The summed E-state index contributed by atoms with van der Waals surface area (Å²) in [6, 6.07) is 21.4. The van der Waals surface area contributed by atoms with Crippen molar-refractivity contribution in [2.75, 3.05) is 20.1 Å². The van der Waals surface area contributed by atoms with E-state index in [0.717, 1.165) is 60.4 Å². The molecule has 5 rings (SSSR count). The highest BCUT2D eigenvalue weighted by molar-refractivity contribution is 6.01. The molecule has 1 atom stereocenters. The second kappa shape index (κ2) is 8.12. The molecule has 0 radical (unpaired) electrons. The number of hydrogen-bond acceptors (Lipinski definition) is 4. The van der Waals surface area contributed by atoms with Gasteiger partial charge in [-0.2, -0.15) is 0 Å². The molecule has 3 aromatic carbocycles. The summed E-state index contributed by atoms with van der Waals surface area (Å²) in [5.74, 6) is 1.43. The fourth-order valence-corrected chi connectivity index (χ4v) is 4.73. The molecule has 1 aliphatic carbocycles. The molecule has 158 valence electrons. The number of fused-ring (bicyclic) bond motifs is 1. The lowest BCUT2D eigenvalue weighted by atomic mass is 9.79. The zero-order valence-corrected chi connectivity index (χ0v) is 17.7. The Labute approximate surface area is 183 Å². The van der Waals surface area contributed by atoms with Crippen molar-refractivity contribution in [3.05, 3.63) is 89.0 Å². The quantitative estimate of drug-likeness (QED) is 0.626. The van der Waals surface area contributed by atoms with Crippen LogP contribution in [-0.2, 0) is 6.42 Å². The first kappa shape index (κ1) is 19.7. The molecule has 1 aliphatic heterocycles.